The molecule has 76 heavy (non-hydrogen) atoms. The molecule has 0 saturated heterocycles. The van der Waals surface area contributed by atoms with Crippen molar-refractivity contribution in [3.63, 3.8) is 0 Å². The number of quaternary nitrogens is 1. The van der Waals surface area contributed by atoms with Crippen LogP contribution in [0.5, 0.6) is 5.75 Å². The second-order valence-electron chi connectivity index (χ2n) is 19.6. The number of aliphatic hydroxyl groups is 1. The third-order valence-electron chi connectivity index (χ3n) is 13.2. The number of hydrogen-bond donors (Lipinski definition) is 1. The maximum atomic E-state index is 8.75. The Bertz CT molecular complexity index is 2170. The van der Waals surface area contributed by atoms with Crippen LogP contribution in [-0.4, -0.2) is 210 Å². The first-order valence-corrected chi connectivity index (χ1v) is 27.1. The van der Waals surface area contributed by atoms with Crippen molar-refractivity contribution in [2.45, 2.75) is 39.3 Å². The largest absolute Gasteiger partial charge is 0.489 e. The molecule has 0 spiro atoms. The smallest absolute Gasteiger partial charge is 0.142 e. The number of rotatable bonds is 44. The van der Waals surface area contributed by atoms with Crippen molar-refractivity contribution >= 4 is 5.69 Å². The van der Waals surface area contributed by atoms with Gasteiger partial charge in [0.25, 0.3) is 0 Å². The summed E-state index contributed by atoms with van der Waals surface area (Å²) in [6, 6.07) is 27.6. The fraction of sp³-hybridized carbons (Fsp3) is 0.600. The van der Waals surface area contributed by atoms with Gasteiger partial charge in [-0.15, -0.1) is 0 Å². The summed E-state index contributed by atoms with van der Waals surface area (Å²) in [4.78, 5) is 2.14. The van der Waals surface area contributed by atoms with Crippen LogP contribution in [0.25, 0.3) is 11.1 Å². The van der Waals surface area contributed by atoms with Crippen LogP contribution in [0.15, 0.2) is 72.8 Å². The maximum absolute atomic E-state index is 8.75. The molecule has 16 nitrogen and oxygen atoms in total. The fourth-order valence-corrected chi connectivity index (χ4v) is 8.96. The molecule has 0 radical (unpaired) electrons. The number of benzene rings is 4. The quantitative estimate of drug-likeness (QED) is 0.0315. The second-order valence-corrected chi connectivity index (χ2v) is 19.6. The van der Waals surface area contributed by atoms with Gasteiger partial charge in [0.2, 0.25) is 0 Å². The molecule has 0 atom stereocenters. The summed E-state index contributed by atoms with van der Waals surface area (Å²) in [5.74, 6) is 0.795. The molecule has 0 unspecified atom stereocenters. The molecular formula is C60H91N2O14+. The fourth-order valence-electron chi connectivity index (χ4n) is 8.96. The molecule has 5 rings (SSSR count). The lowest BCUT2D eigenvalue weighted by Gasteiger charge is -2.36. The lowest BCUT2D eigenvalue weighted by Crippen LogP contribution is -2.38. The summed E-state index contributed by atoms with van der Waals surface area (Å²) in [5, 5.41) is 8.75. The zero-order chi connectivity index (χ0) is 54.3. The molecule has 4 aromatic rings. The number of fused-ring (bicyclic) bond motifs is 3. The molecule has 0 bridgehead atoms. The number of aliphatic hydroxyl groups excluding tert-OH is 1. The van der Waals surface area contributed by atoms with Crippen molar-refractivity contribution in [3.8, 4) is 16.9 Å². The van der Waals surface area contributed by atoms with Gasteiger partial charge in [0.05, 0.1) is 190 Å². The number of methoxy groups -OCH3 is 1. The topological polar surface area (TPSA) is 143 Å². The standard InChI is InChI=1S/C60H91N2O14/c1-9-62(6,7)46-51-44-52(13-12-50(51)47-75-39-38-73-35-34-71-31-30-69-27-26-67-23-22-65-19-18-63)60(56-42-48(2)10-15-54(56)55-16-11-49(3)43-57(55)60)53-14-17-59(58(45-53)61(4)5)76-41-40-74-37-36-72-33-32-70-29-28-68-25-24-66-21-20-64-8/h10-17,42-45,63H,9,18-41,46-47H2,1-8H3/q+1. The van der Waals surface area contributed by atoms with Crippen LogP contribution in [0, 0.1) is 13.8 Å². The molecule has 0 fully saturated rings. The summed E-state index contributed by atoms with van der Waals surface area (Å²) >= 11 is 0. The molecule has 0 saturated carbocycles. The summed E-state index contributed by atoms with van der Waals surface area (Å²) < 4.78 is 74.4. The summed E-state index contributed by atoms with van der Waals surface area (Å²) in [5.41, 5.74) is 12.6. The molecule has 1 aliphatic carbocycles. The molecule has 424 valence electrons. The first kappa shape index (κ1) is 62.8. The van der Waals surface area contributed by atoms with Crippen LogP contribution in [0.3, 0.4) is 0 Å². The Labute approximate surface area is 454 Å². The highest BCUT2D eigenvalue weighted by molar-refractivity contribution is 5.87. The third-order valence-corrected chi connectivity index (χ3v) is 13.2. The van der Waals surface area contributed by atoms with Crippen LogP contribution in [0.2, 0.25) is 0 Å². The normalized spacial score (nSPS) is 12.9. The Kier molecular flexibility index (Phi) is 29.3. The summed E-state index contributed by atoms with van der Waals surface area (Å²) in [6.07, 6.45) is 0. The van der Waals surface area contributed by atoms with Gasteiger partial charge in [-0.1, -0.05) is 65.7 Å². The molecule has 4 aromatic carbocycles. The van der Waals surface area contributed by atoms with Gasteiger partial charge in [-0.25, -0.2) is 0 Å². The zero-order valence-electron chi connectivity index (χ0n) is 47.2. The minimum atomic E-state index is -0.627. The van der Waals surface area contributed by atoms with E-state index in [2.05, 4.69) is 127 Å². The minimum absolute atomic E-state index is 0.0149. The van der Waals surface area contributed by atoms with Crippen LogP contribution in [0.1, 0.15) is 51.4 Å². The molecule has 0 amide bonds. The van der Waals surface area contributed by atoms with E-state index in [1.807, 2.05) is 0 Å². The van der Waals surface area contributed by atoms with E-state index in [0.717, 1.165) is 29.0 Å². The molecule has 16 heteroatoms. The van der Waals surface area contributed by atoms with Crippen molar-refractivity contribution < 1.29 is 71.2 Å². The number of hydrogen-bond acceptors (Lipinski definition) is 15. The van der Waals surface area contributed by atoms with E-state index >= 15 is 0 Å². The predicted octanol–water partition coefficient (Wildman–Crippen LogP) is 7.03. The first-order valence-electron chi connectivity index (χ1n) is 27.1. The molecular weight excluding hydrogens is 973 g/mol. The Morgan fingerprint density at radius 2 is 0.868 bits per heavy atom. The average Bonchev–Trinajstić information content (AvgIpc) is 3.70. The van der Waals surface area contributed by atoms with Gasteiger partial charge in [0, 0.05) is 26.8 Å². The summed E-state index contributed by atoms with van der Waals surface area (Å²) in [6.45, 7) is 20.0. The van der Waals surface area contributed by atoms with Crippen molar-refractivity contribution in [3.05, 3.63) is 117 Å². The highest BCUT2D eigenvalue weighted by Gasteiger charge is 2.47. The van der Waals surface area contributed by atoms with Gasteiger partial charge in [-0.3, -0.25) is 0 Å². The van der Waals surface area contributed by atoms with Crippen molar-refractivity contribution in [2.75, 3.05) is 205 Å². The SMILES string of the molecule is CC[N+](C)(C)Cc1cc(C2(c3ccc(OCCOCCOCCOCCOCCOCCOC)c(N(C)C)c3)c3cc(C)ccc3-c3ccc(C)cc32)ccc1COCCOCCOCCOCCOCCOCCO. The Balaban J connectivity index is 1.22. The van der Waals surface area contributed by atoms with E-state index in [0.29, 0.717) is 159 Å². The van der Waals surface area contributed by atoms with Crippen LogP contribution < -0.4 is 9.64 Å². The van der Waals surface area contributed by atoms with Crippen molar-refractivity contribution in [1.82, 2.24) is 0 Å². The zero-order valence-corrected chi connectivity index (χ0v) is 47.2. The average molecular weight is 1060 g/mol. The molecule has 0 heterocycles. The number of anilines is 1. The summed E-state index contributed by atoms with van der Waals surface area (Å²) in [7, 11) is 10.4. The highest BCUT2D eigenvalue weighted by Crippen LogP contribution is 2.57. The van der Waals surface area contributed by atoms with Crippen molar-refractivity contribution in [1.29, 1.82) is 0 Å². The lowest BCUT2D eigenvalue weighted by atomic mass is 9.66. The van der Waals surface area contributed by atoms with E-state index in [1.54, 1.807) is 7.11 Å². The van der Waals surface area contributed by atoms with Gasteiger partial charge in [-0.05, 0) is 77.9 Å². The van der Waals surface area contributed by atoms with Gasteiger partial charge in [-0.2, -0.15) is 0 Å². The van der Waals surface area contributed by atoms with Gasteiger partial charge in [0.1, 0.15) is 18.9 Å². The Hall–Kier alpha value is -4.08. The van der Waals surface area contributed by atoms with E-state index in [1.165, 1.54) is 55.6 Å². The minimum Gasteiger partial charge on any atom is -0.489 e. The second kappa shape index (κ2) is 35.4. The highest BCUT2D eigenvalue weighted by atomic mass is 16.6. The molecule has 0 aromatic heterocycles. The van der Waals surface area contributed by atoms with E-state index < -0.39 is 5.41 Å². The molecule has 1 N–H and O–H groups in total. The number of aryl methyl sites for hydroxylation is 2. The van der Waals surface area contributed by atoms with E-state index in [9.17, 15) is 0 Å². The number of ether oxygens (including phenoxy) is 13. The van der Waals surface area contributed by atoms with Gasteiger partial charge in [0.15, 0.2) is 0 Å². The van der Waals surface area contributed by atoms with Crippen LogP contribution in [0.4, 0.5) is 5.69 Å². The monoisotopic (exact) mass is 1060 g/mol. The van der Waals surface area contributed by atoms with E-state index in [4.69, 9.17) is 66.7 Å². The van der Waals surface area contributed by atoms with Gasteiger partial charge >= 0.3 is 0 Å². The first-order chi connectivity index (χ1) is 37.0. The lowest BCUT2D eigenvalue weighted by molar-refractivity contribution is -0.901. The van der Waals surface area contributed by atoms with Gasteiger partial charge < -0.3 is 76.1 Å². The van der Waals surface area contributed by atoms with Crippen LogP contribution in [-0.2, 0) is 75.4 Å². The van der Waals surface area contributed by atoms with Crippen molar-refractivity contribution in [2.24, 2.45) is 0 Å². The van der Waals surface area contributed by atoms with Crippen LogP contribution >= 0.6 is 0 Å². The predicted molar refractivity (Wildman–Crippen MR) is 296 cm³/mol. The molecule has 0 aliphatic heterocycles. The maximum Gasteiger partial charge on any atom is 0.142 e. The Morgan fingerprint density at radius 1 is 0.461 bits per heavy atom. The van der Waals surface area contributed by atoms with E-state index in [-0.39, 0.29) is 6.61 Å². The Morgan fingerprint density at radius 3 is 1.30 bits per heavy atom. The number of nitrogens with zero attached hydrogens (tertiary/aromatic N) is 2. The third kappa shape index (κ3) is 20.3. The molecule has 1 aliphatic rings.